The van der Waals surface area contributed by atoms with Crippen molar-refractivity contribution in [2.24, 2.45) is 10.9 Å². The number of furan rings is 1. The number of rotatable bonds is 9. The van der Waals surface area contributed by atoms with Gasteiger partial charge in [0.05, 0.1) is 6.26 Å². The molecular weight excluding hydrogens is 342 g/mol. The summed E-state index contributed by atoms with van der Waals surface area (Å²) in [6, 6.07) is 3.85. The van der Waals surface area contributed by atoms with Gasteiger partial charge in [-0.1, -0.05) is 6.92 Å². The van der Waals surface area contributed by atoms with Crippen LogP contribution < -0.4 is 10.6 Å². The molecule has 152 valence electrons. The van der Waals surface area contributed by atoms with E-state index in [-0.39, 0.29) is 12.5 Å². The predicted molar refractivity (Wildman–Crippen MR) is 109 cm³/mol. The molecular formula is C20H35N5O2. The summed E-state index contributed by atoms with van der Waals surface area (Å²) in [5, 5.41) is 6.64. The van der Waals surface area contributed by atoms with Crippen molar-refractivity contribution in [3.05, 3.63) is 24.2 Å². The zero-order valence-corrected chi connectivity index (χ0v) is 17.0. The lowest BCUT2D eigenvalue weighted by atomic mass is 9.99. The van der Waals surface area contributed by atoms with Gasteiger partial charge in [0.1, 0.15) is 12.3 Å². The topological polar surface area (TPSA) is 73.1 Å². The third kappa shape index (κ3) is 8.47. The Labute approximate surface area is 163 Å². The summed E-state index contributed by atoms with van der Waals surface area (Å²) in [7, 11) is 3.49. The second-order valence-electron chi connectivity index (χ2n) is 7.51. The Morgan fingerprint density at radius 3 is 2.70 bits per heavy atom. The Balaban J connectivity index is 1.72. The summed E-state index contributed by atoms with van der Waals surface area (Å²) >= 11 is 0. The molecule has 0 unspecified atom stereocenters. The molecule has 1 amide bonds. The van der Waals surface area contributed by atoms with Crippen molar-refractivity contribution in [1.29, 1.82) is 0 Å². The average molecular weight is 378 g/mol. The van der Waals surface area contributed by atoms with Gasteiger partial charge in [-0.25, -0.2) is 4.99 Å². The highest BCUT2D eigenvalue weighted by Gasteiger charge is 2.14. The van der Waals surface area contributed by atoms with E-state index in [1.54, 1.807) is 25.3 Å². The third-order valence-corrected chi connectivity index (χ3v) is 4.93. The van der Waals surface area contributed by atoms with Crippen LogP contribution in [-0.2, 0) is 11.2 Å². The molecule has 27 heavy (non-hydrogen) atoms. The van der Waals surface area contributed by atoms with Crippen LogP contribution in [0.1, 0.15) is 31.9 Å². The van der Waals surface area contributed by atoms with Gasteiger partial charge >= 0.3 is 0 Å². The minimum atomic E-state index is -0.00966. The number of piperidine rings is 1. The number of amides is 1. The molecule has 2 rings (SSSR count). The normalized spacial score (nSPS) is 16.3. The molecule has 2 heterocycles. The largest absolute Gasteiger partial charge is 0.469 e. The number of aliphatic imine (C=N–C) groups is 1. The summed E-state index contributed by atoms with van der Waals surface area (Å²) in [4.78, 5) is 20.3. The highest BCUT2D eigenvalue weighted by atomic mass is 16.3. The molecule has 0 bridgehead atoms. The smallest absolute Gasteiger partial charge is 0.243 e. The highest BCUT2D eigenvalue weighted by molar-refractivity contribution is 5.84. The highest BCUT2D eigenvalue weighted by Crippen LogP contribution is 2.15. The number of carbonyl (C=O) groups is 1. The van der Waals surface area contributed by atoms with Crippen LogP contribution in [0.3, 0.4) is 0 Å². The van der Waals surface area contributed by atoms with Crippen molar-refractivity contribution in [1.82, 2.24) is 20.4 Å². The maximum Gasteiger partial charge on any atom is 0.243 e. The van der Waals surface area contributed by atoms with Crippen molar-refractivity contribution in [2.75, 3.05) is 53.4 Å². The van der Waals surface area contributed by atoms with Gasteiger partial charge in [-0.05, 0) is 56.9 Å². The maximum atomic E-state index is 11.8. The maximum absolute atomic E-state index is 11.8. The second-order valence-corrected chi connectivity index (χ2v) is 7.51. The molecule has 0 atom stereocenters. The monoisotopic (exact) mass is 377 g/mol. The summed E-state index contributed by atoms with van der Waals surface area (Å²) in [5.74, 6) is 2.48. The first-order valence-electron chi connectivity index (χ1n) is 10.0. The molecule has 1 aliphatic rings. The van der Waals surface area contributed by atoms with Gasteiger partial charge < -0.3 is 24.9 Å². The molecule has 0 radical (unpaired) electrons. The van der Waals surface area contributed by atoms with Crippen LogP contribution in [0.4, 0.5) is 0 Å². The number of guanidine groups is 1. The van der Waals surface area contributed by atoms with Crippen LogP contribution in [-0.4, -0.2) is 75.0 Å². The van der Waals surface area contributed by atoms with Crippen molar-refractivity contribution in [3.8, 4) is 0 Å². The van der Waals surface area contributed by atoms with Crippen LogP contribution in [0.2, 0.25) is 0 Å². The Kier molecular flexibility index (Phi) is 9.18. The van der Waals surface area contributed by atoms with E-state index in [1.165, 1.54) is 25.9 Å². The lowest BCUT2D eigenvalue weighted by Crippen LogP contribution is -2.41. The molecule has 1 aromatic heterocycles. The van der Waals surface area contributed by atoms with Crippen molar-refractivity contribution in [2.45, 2.75) is 32.6 Å². The van der Waals surface area contributed by atoms with E-state index in [1.807, 2.05) is 12.1 Å². The van der Waals surface area contributed by atoms with Gasteiger partial charge in [0.15, 0.2) is 5.96 Å². The molecule has 1 fully saturated rings. The standard InChI is InChI=1S/C20H35N5O2/c1-17-8-13-25(14-9-17)12-5-10-21-20(23-16-19(26)24(2)3)22-11-7-18-6-4-15-27-18/h4,6,15,17H,5,7-14,16H2,1-3H3,(H2,21,22,23). The molecule has 7 nitrogen and oxygen atoms in total. The molecule has 2 N–H and O–H groups in total. The fourth-order valence-electron chi connectivity index (χ4n) is 3.02. The number of nitrogens with one attached hydrogen (secondary N) is 2. The van der Waals surface area contributed by atoms with E-state index < -0.39 is 0 Å². The number of hydrogen-bond acceptors (Lipinski definition) is 4. The second kappa shape index (κ2) is 11.6. The number of nitrogens with zero attached hydrogens (tertiary/aromatic N) is 3. The first-order chi connectivity index (χ1) is 13.0. The van der Waals surface area contributed by atoms with Crippen LogP contribution in [0.15, 0.2) is 27.8 Å². The van der Waals surface area contributed by atoms with E-state index in [9.17, 15) is 4.79 Å². The molecule has 1 aromatic rings. The molecule has 1 saturated heterocycles. The molecule has 0 aromatic carbocycles. The third-order valence-electron chi connectivity index (χ3n) is 4.93. The summed E-state index contributed by atoms with van der Waals surface area (Å²) in [6.07, 6.45) is 6.14. The first kappa shape index (κ1) is 21.3. The van der Waals surface area contributed by atoms with Crippen molar-refractivity contribution < 1.29 is 9.21 Å². The van der Waals surface area contributed by atoms with Gasteiger partial charge in [0, 0.05) is 33.6 Å². The summed E-state index contributed by atoms with van der Waals surface area (Å²) < 4.78 is 5.35. The SMILES string of the molecule is CC1CCN(CCCNC(=NCC(=O)N(C)C)NCCc2ccco2)CC1. The Hall–Kier alpha value is -2.02. The van der Waals surface area contributed by atoms with Gasteiger partial charge in [-0.2, -0.15) is 0 Å². The number of likely N-dealkylation sites (tertiary alicyclic amines) is 1. The van der Waals surface area contributed by atoms with Crippen LogP contribution in [0.25, 0.3) is 0 Å². The Bertz CT molecular complexity index is 563. The quantitative estimate of drug-likeness (QED) is 0.388. The van der Waals surface area contributed by atoms with Gasteiger partial charge in [0.2, 0.25) is 5.91 Å². The van der Waals surface area contributed by atoms with Gasteiger partial charge in [-0.3, -0.25) is 4.79 Å². The predicted octanol–water partition coefficient (Wildman–Crippen LogP) is 1.57. The fourth-order valence-corrected chi connectivity index (χ4v) is 3.02. The van der Waals surface area contributed by atoms with Crippen molar-refractivity contribution >= 4 is 11.9 Å². The molecule has 1 aliphatic heterocycles. The van der Waals surface area contributed by atoms with E-state index >= 15 is 0 Å². The first-order valence-corrected chi connectivity index (χ1v) is 10.0. The van der Waals surface area contributed by atoms with E-state index in [4.69, 9.17) is 4.42 Å². The minimum absolute atomic E-state index is 0.00966. The van der Waals surface area contributed by atoms with E-state index in [0.29, 0.717) is 12.5 Å². The van der Waals surface area contributed by atoms with Crippen LogP contribution in [0.5, 0.6) is 0 Å². The van der Waals surface area contributed by atoms with Gasteiger partial charge in [0.25, 0.3) is 0 Å². The molecule has 0 aliphatic carbocycles. The molecule has 7 heteroatoms. The zero-order valence-electron chi connectivity index (χ0n) is 17.0. The zero-order chi connectivity index (χ0) is 19.5. The fraction of sp³-hybridized carbons (Fsp3) is 0.700. The lowest BCUT2D eigenvalue weighted by molar-refractivity contribution is -0.127. The van der Waals surface area contributed by atoms with Crippen molar-refractivity contribution in [3.63, 3.8) is 0 Å². The minimum Gasteiger partial charge on any atom is -0.469 e. The Morgan fingerprint density at radius 2 is 2.04 bits per heavy atom. The van der Waals surface area contributed by atoms with Crippen LogP contribution in [0, 0.1) is 5.92 Å². The molecule has 0 spiro atoms. The number of likely N-dealkylation sites (N-methyl/N-ethyl adjacent to an activating group) is 1. The number of carbonyl (C=O) groups excluding carboxylic acids is 1. The lowest BCUT2D eigenvalue weighted by Gasteiger charge is -2.30. The van der Waals surface area contributed by atoms with E-state index in [2.05, 4.69) is 27.4 Å². The van der Waals surface area contributed by atoms with Crippen LogP contribution >= 0.6 is 0 Å². The summed E-state index contributed by atoms with van der Waals surface area (Å²) in [5.41, 5.74) is 0. The molecule has 0 saturated carbocycles. The Morgan fingerprint density at radius 1 is 1.30 bits per heavy atom. The summed E-state index contributed by atoms with van der Waals surface area (Å²) in [6.45, 7) is 7.56. The average Bonchev–Trinajstić information content (AvgIpc) is 3.17. The number of hydrogen-bond donors (Lipinski definition) is 2. The van der Waals surface area contributed by atoms with Gasteiger partial charge in [-0.15, -0.1) is 0 Å². The van der Waals surface area contributed by atoms with E-state index in [0.717, 1.165) is 37.6 Å².